The van der Waals surface area contributed by atoms with Crippen molar-refractivity contribution in [3.63, 3.8) is 0 Å². The number of rotatable bonds is 12. The summed E-state index contributed by atoms with van der Waals surface area (Å²) in [5.41, 5.74) is 3.11. The molecule has 3 N–H and O–H groups in total. The third-order valence-electron chi connectivity index (χ3n) is 15.3. The van der Waals surface area contributed by atoms with Crippen molar-refractivity contribution in [1.29, 1.82) is 0 Å². The highest BCUT2D eigenvalue weighted by molar-refractivity contribution is 8.00. The number of fused-ring (bicyclic) bond motifs is 2. The van der Waals surface area contributed by atoms with Gasteiger partial charge in [-0.3, -0.25) is 19.8 Å². The molecule has 2 saturated heterocycles. The summed E-state index contributed by atoms with van der Waals surface area (Å²) < 4.78 is 54.5. The molecular formula is C51H60N6O10S2. The number of carbonyl (C=O) groups is 1. The smallest absolute Gasteiger partial charge is 0.288 e. The number of sulfonamides is 1. The van der Waals surface area contributed by atoms with Gasteiger partial charge in [-0.2, -0.15) is 4.98 Å². The number of piperidine rings is 1. The van der Waals surface area contributed by atoms with E-state index < -0.39 is 37.0 Å². The first kappa shape index (κ1) is 47.3. The van der Waals surface area contributed by atoms with Crippen molar-refractivity contribution in [3.05, 3.63) is 99.7 Å². The number of nitrogens with zero attached hydrogens (tertiary/aromatic N) is 4. The number of benzene rings is 3. The molecule has 2 aliphatic carbocycles. The summed E-state index contributed by atoms with van der Waals surface area (Å²) in [6.45, 7) is 10.5. The van der Waals surface area contributed by atoms with Crippen LogP contribution in [0.3, 0.4) is 0 Å². The predicted molar refractivity (Wildman–Crippen MR) is 262 cm³/mol. The molecule has 5 heterocycles. The lowest BCUT2D eigenvalue weighted by atomic mass is 9.59. The van der Waals surface area contributed by atoms with Gasteiger partial charge in [-0.1, -0.05) is 38.1 Å². The minimum atomic E-state index is -4.68. The van der Waals surface area contributed by atoms with E-state index in [9.17, 15) is 28.4 Å². The van der Waals surface area contributed by atoms with Crippen molar-refractivity contribution in [2.45, 2.75) is 111 Å². The van der Waals surface area contributed by atoms with E-state index in [2.05, 4.69) is 62.6 Å². The van der Waals surface area contributed by atoms with Crippen LogP contribution in [0.25, 0.3) is 11.0 Å². The molecule has 2 saturated carbocycles. The van der Waals surface area contributed by atoms with Crippen LogP contribution in [0.5, 0.6) is 23.1 Å². The second kappa shape index (κ2) is 18.7. The Balaban J connectivity index is 0.876. The number of H-pyrrole nitrogens is 1. The Labute approximate surface area is 406 Å². The number of ether oxygens (including phenoxy) is 4. The van der Waals surface area contributed by atoms with Crippen molar-refractivity contribution >= 4 is 50.1 Å². The lowest BCUT2D eigenvalue weighted by Crippen LogP contribution is -2.58. The molecule has 366 valence electrons. The molecule has 5 aliphatic rings. The van der Waals surface area contributed by atoms with Gasteiger partial charge in [0.1, 0.15) is 28.6 Å². The number of hydrogen-bond acceptors (Lipinski definition) is 14. The van der Waals surface area contributed by atoms with Gasteiger partial charge in [0.25, 0.3) is 27.5 Å². The summed E-state index contributed by atoms with van der Waals surface area (Å²) in [5, 5.41) is 23.6. The van der Waals surface area contributed by atoms with Crippen molar-refractivity contribution in [1.82, 2.24) is 19.6 Å². The maximum atomic E-state index is 14.3. The largest absolute Gasteiger partial charge is 0.491 e. The van der Waals surface area contributed by atoms with Crippen LogP contribution in [0.2, 0.25) is 0 Å². The average Bonchev–Trinajstić information content (AvgIpc) is 3.79. The van der Waals surface area contributed by atoms with Crippen LogP contribution in [0.1, 0.15) is 106 Å². The summed E-state index contributed by atoms with van der Waals surface area (Å²) >= 11 is 1.30. The van der Waals surface area contributed by atoms with Crippen molar-refractivity contribution in [2.24, 2.45) is 11.3 Å². The number of methoxy groups -OCH3 is 1. The number of thioether (sulfide) groups is 1. The number of morpholine rings is 1. The van der Waals surface area contributed by atoms with Crippen LogP contribution >= 0.6 is 11.8 Å². The fraction of sp³-hybridized carbons (Fsp3) is 0.490. The second-order valence-electron chi connectivity index (χ2n) is 20.1. The van der Waals surface area contributed by atoms with Gasteiger partial charge in [-0.25, -0.2) is 13.1 Å². The van der Waals surface area contributed by atoms with E-state index in [1.54, 1.807) is 30.5 Å². The maximum Gasteiger partial charge on any atom is 0.288 e. The predicted octanol–water partition coefficient (Wildman–Crippen LogP) is 9.13. The highest BCUT2D eigenvalue weighted by atomic mass is 32.2. The van der Waals surface area contributed by atoms with E-state index in [1.165, 1.54) is 36.1 Å². The van der Waals surface area contributed by atoms with Gasteiger partial charge in [0.05, 0.1) is 47.3 Å². The molecule has 0 unspecified atom stereocenters. The van der Waals surface area contributed by atoms with Crippen LogP contribution in [0.15, 0.2) is 82.7 Å². The number of aromatic amines is 1. The third-order valence-corrected chi connectivity index (χ3v) is 18.1. The molecular weight excluding hydrogens is 921 g/mol. The molecule has 18 heteroatoms. The Morgan fingerprint density at radius 2 is 1.78 bits per heavy atom. The number of nitro groups is 1. The summed E-state index contributed by atoms with van der Waals surface area (Å²) in [6, 6.07) is 20.3. The van der Waals surface area contributed by atoms with E-state index in [1.807, 2.05) is 13.0 Å². The molecule has 2 atom stereocenters. The fourth-order valence-corrected chi connectivity index (χ4v) is 13.7. The fourth-order valence-electron chi connectivity index (χ4n) is 11.3. The number of pyridine rings is 1. The van der Waals surface area contributed by atoms with Gasteiger partial charge in [0, 0.05) is 66.4 Å². The van der Waals surface area contributed by atoms with Gasteiger partial charge in [0.15, 0.2) is 5.75 Å². The van der Waals surface area contributed by atoms with Crippen molar-refractivity contribution in [2.75, 3.05) is 51.5 Å². The molecule has 3 aromatic carbocycles. The topological polar surface area (TPSA) is 199 Å². The minimum Gasteiger partial charge on any atom is -0.491 e. The highest BCUT2D eigenvalue weighted by Crippen LogP contribution is 2.54. The van der Waals surface area contributed by atoms with Crippen molar-refractivity contribution in [3.8, 4) is 23.1 Å². The van der Waals surface area contributed by atoms with E-state index in [-0.39, 0.29) is 62.8 Å². The normalized spacial score (nSPS) is 24.1. The van der Waals surface area contributed by atoms with E-state index >= 15 is 0 Å². The lowest BCUT2D eigenvalue weighted by Gasteiger charge is -2.57. The summed E-state index contributed by atoms with van der Waals surface area (Å²) in [6.07, 6.45) is 8.72. The molecule has 1 spiro atoms. The van der Waals surface area contributed by atoms with Gasteiger partial charge in [-0.05, 0) is 111 Å². The second-order valence-corrected chi connectivity index (χ2v) is 23.1. The van der Waals surface area contributed by atoms with Gasteiger partial charge >= 0.3 is 0 Å². The molecule has 3 aliphatic heterocycles. The Morgan fingerprint density at radius 3 is 2.52 bits per heavy atom. The number of anilines is 1. The Kier molecular flexibility index (Phi) is 12.8. The first-order chi connectivity index (χ1) is 33.1. The number of amides is 1. The van der Waals surface area contributed by atoms with Crippen LogP contribution in [-0.2, 0) is 14.8 Å². The van der Waals surface area contributed by atoms with Crippen LogP contribution < -0.4 is 23.8 Å². The number of aliphatic hydroxyl groups is 1. The summed E-state index contributed by atoms with van der Waals surface area (Å²) in [4.78, 5) is 38.4. The molecule has 10 rings (SSSR count). The Bertz CT molecular complexity index is 2860. The van der Waals surface area contributed by atoms with Gasteiger partial charge in [0.2, 0.25) is 0 Å². The zero-order valence-corrected chi connectivity index (χ0v) is 41.1. The first-order valence-electron chi connectivity index (χ1n) is 24.0. The number of hydrogen-bond donors (Lipinski definition) is 3. The van der Waals surface area contributed by atoms with Crippen LogP contribution in [-0.4, -0.2) is 103 Å². The molecule has 69 heavy (non-hydrogen) atoms. The van der Waals surface area contributed by atoms with Crippen molar-refractivity contribution < 1.29 is 42.2 Å². The van der Waals surface area contributed by atoms with E-state index in [4.69, 9.17) is 18.9 Å². The maximum absolute atomic E-state index is 14.3. The molecule has 4 fully saturated rings. The molecule has 5 aromatic rings. The van der Waals surface area contributed by atoms with Crippen LogP contribution in [0, 0.1) is 21.4 Å². The molecule has 0 radical (unpaired) electrons. The molecule has 1 amide bonds. The number of aromatic nitrogens is 2. The quantitative estimate of drug-likeness (QED) is 0.0790. The van der Waals surface area contributed by atoms with Gasteiger partial charge in [-0.15, -0.1) is 11.8 Å². The zero-order chi connectivity index (χ0) is 48.2. The van der Waals surface area contributed by atoms with E-state index in [0.717, 1.165) is 81.9 Å². The Hall–Kier alpha value is -5.40. The average molecular weight is 981 g/mol. The highest BCUT2D eigenvalue weighted by Gasteiger charge is 2.50. The minimum absolute atomic E-state index is 0.0626. The number of nitro benzene ring substituents is 1. The third kappa shape index (κ3) is 9.50. The summed E-state index contributed by atoms with van der Waals surface area (Å²) in [7, 11) is -3.23. The standard InChI is InChI=1S/C51H60N6O10S2/c1-31(2)37-7-5-6-8-38(37)41-29-65-22-21-56(41)35-27-51(28-35)16-19-55(20-17-51)34-9-10-39(42(24-34)67-44-23-33-13-18-52-47(33)53-49(44)64-4)48(58)54-69(62,63)36-25-40(57(60)61)46-43(26-36)66-30-45(68-46)32-11-14-50(3,59)15-12-32/h5-10,13,18,23-26,31-32,35,41,45,59H,11-12,14-17,19-22,27-30H2,1-4H3,(H,52,53)(H,54,58)/t32-,41-,45+,50-/m0/s1. The first-order valence-corrected chi connectivity index (χ1v) is 26.4. The van der Waals surface area contributed by atoms with Gasteiger partial charge < -0.3 is 33.9 Å². The number of carbonyl (C=O) groups excluding carboxylic acids is 1. The summed E-state index contributed by atoms with van der Waals surface area (Å²) in [5.74, 6) is 0.106. The van der Waals surface area contributed by atoms with E-state index in [0.29, 0.717) is 37.1 Å². The van der Waals surface area contributed by atoms with Crippen LogP contribution in [0.4, 0.5) is 11.4 Å². The lowest BCUT2D eigenvalue weighted by molar-refractivity contribution is -0.388. The molecule has 2 aromatic heterocycles. The monoisotopic (exact) mass is 980 g/mol. The Morgan fingerprint density at radius 1 is 1.01 bits per heavy atom. The number of nitrogens with one attached hydrogen (secondary N) is 2. The zero-order valence-electron chi connectivity index (χ0n) is 39.4. The SMILES string of the molecule is COc1nc2[nH]ccc2cc1Oc1cc(N2CCC3(CC2)CC(N2CCOC[C@H]2c2ccccc2C(C)C)C3)ccc1C(=O)NS(=O)(=O)c1cc2c(c([N+](=O)[O-])c1)S[C@@H]([C@H]1CC[C@](C)(O)CC1)CO2. The molecule has 0 bridgehead atoms. The molecule has 16 nitrogen and oxygen atoms in total.